The van der Waals surface area contributed by atoms with Crippen LogP contribution in [0.1, 0.15) is 22.8 Å². The Morgan fingerprint density at radius 2 is 2.38 bits per heavy atom. The first-order valence-electron chi connectivity index (χ1n) is 4.98. The van der Waals surface area contributed by atoms with Gasteiger partial charge in [0.05, 0.1) is 17.7 Å². The van der Waals surface area contributed by atoms with Gasteiger partial charge in [-0.25, -0.2) is 0 Å². The number of carbonyl (C=O) groups excluding carboxylic acids is 1. The predicted molar refractivity (Wildman–Crippen MR) is 60.0 cm³/mol. The molecule has 1 rings (SSSR count). The molecule has 0 aromatic heterocycles. The lowest BCUT2D eigenvalue weighted by atomic mass is 10.1. The van der Waals surface area contributed by atoms with Gasteiger partial charge in [0.1, 0.15) is 0 Å². The first-order chi connectivity index (χ1) is 7.67. The summed E-state index contributed by atoms with van der Waals surface area (Å²) in [6.45, 7) is 2.32. The standard InChI is InChI=1S/C12H14N2O2/c1-9(16-2)8-14-12(15)11-5-3-4-10(6-11)7-13/h3-6,9H,8H2,1-2H3,(H,14,15). The van der Waals surface area contributed by atoms with Crippen molar-refractivity contribution in [2.75, 3.05) is 13.7 Å². The number of carbonyl (C=O) groups is 1. The minimum absolute atomic E-state index is 0.0249. The molecule has 0 bridgehead atoms. The minimum atomic E-state index is -0.194. The summed E-state index contributed by atoms with van der Waals surface area (Å²) in [7, 11) is 1.59. The first kappa shape index (κ1) is 12.2. The number of hydrogen-bond acceptors (Lipinski definition) is 3. The number of nitrogens with one attached hydrogen (secondary N) is 1. The van der Waals surface area contributed by atoms with E-state index in [0.717, 1.165) is 0 Å². The number of amides is 1. The van der Waals surface area contributed by atoms with Gasteiger partial charge < -0.3 is 10.1 Å². The number of benzene rings is 1. The topological polar surface area (TPSA) is 62.1 Å². The highest BCUT2D eigenvalue weighted by Crippen LogP contribution is 2.03. The van der Waals surface area contributed by atoms with Gasteiger partial charge in [-0.1, -0.05) is 6.07 Å². The Balaban J connectivity index is 2.63. The van der Waals surface area contributed by atoms with E-state index in [-0.39, 0.29) is 12.0 Å². The van der Waals surface area contributed by atoms with Crippen molar-refractivity contribution in [1.29, 1.82) is 5.26 Å². The molecule has 0 heterocycles. The Morgan fingerprint density at radius 1 is 1.62 bits per heavy atom. The maximum absolute atomic E-state index is 11.7. The van der Waals surface area contributed by atoms with Gasteiger partial charge >= 0.3 is 0 Å². The number of ether oxygens (including phenoxy) is 1. The van der Waals surface area contributed by atoms with Crippen LogP contribution in [0, 0.1) is 11.3 Å². The van der Waals surface area contributed by atoms with Crippen molar-refractivity contribution >= 4 is 5.91 Å². The SMILES string of the molecule is COC(C)CNC(=O)c1cccc(C#N)c1. The normalized spacial score (nSPS) is 11.6. The van der Waals surface area contributed by atoms with E-state index in [2.05, 4.69) is 5.32 Å². The van der Waals surface area contributed by atoms with Gasteiger partial charge in [-0.15, -0.1) is 0 Å². The summed E-state index contributed by atoms with van der Waals surface area (Å²) in [5, 5.41) is 11.4. The summed E-state index contributed by atoms with van der Waals surface area (Å²) in [5.74, 6) is -0.194. The van der Waals surface area contributed by atoms with E-state index in [9.17, 15) is 4.79 Å². The molecule has 1 aromatic rings. The lowest BCUT2D eigenvalue weighted by Crippen LogP contribution is -2.31. The Hall–Kier alpha value is -1.86. The zero-order valence-electron chi connectivity index (χ0n) is 9.36. The van der Waals surface area contributed by atoms with Crippen molar-refractivity contribution < 1.29 is 9.53 Å². The molecule has 4 nitrogen and oxygen atoms in total. The van der Waals surface area contributed by atoms with Crippen LogP contribution in [0.4, 0.5) is 0 Å². The van der Waals surface area contributed by atoms with Crippen molar-refractivity contribution in [3.05, 3.63) is 35.4 Å². The Labute approximate surface area is 94.8 Å². The fourth-order valence-electron chi connectivity index (χ4n) is 1.15. The van der Waals surface area contributed by atoms with E-state index in [0.29, 0.717) is 17.7 Å². The fraction of sp³-hybridized carbons (Fsp3) is 0.333. The largest absolute Gasteiger partial charge is 0.380 e. The zero-order valence-corrected chi connectivity index (χ0v) is 9.36. The summed E-state index contributed by atoms with van der Waals surface area (Å²) in [5.41, 5.74) is 0.967. The van der Waals surface area contributed by atoms with Crippen LogP contribution in [0.3, 0.4) is 0 Å². The number of hydrogen-bond donors (Lipinski definition) is 1. The van der Waals surface area contributed by atoms with Crippen molar-refractivity contribution in [3.63, 3.8) is 0 Å². The molecule has 1 N–H and O–H groups in total. The van der Waals surface area contributed by atoms with Gasteiger partial charge in [0.15, 0.2) is 0 Å². The molecule has 0 aliphatic rings. The Morgan fingerprint density at radius 3 is 3.00 bits per heavy atom. The zero-order chi connectivity index (χ0) is 12.0. The number of rotatable bonds is 4. The van der Waals surface area contributed by atoms with E-state index in [4.69, 9.17) is 10.00 Å². The van der Waals surface area contributed by atoms with Gasteiger partial charge in [0.25, 0.3) is 5.91 Å². The molecule has 0 saturated heterocycles. The smallest absolute Gasteiger partial charge is 0.251 e. The first-order valence-corrected chi connectivity index (χ1v) is 4.98. The summed E-state index contributed by atoms with van der Waals surface area (Å²) in [6.07, 6.45) is -0.0249. The van der Waals surface area contributed by atoms with E-state index in [1.165, 1.54) is 0 Å². The van der Waals surface area contributed by atoms with Crippen LogP contribution in [0.5, 0.6) is 0 Å². The Kier molecular flexibility index (Phi) is 4.49. The lowest BCUT2D eigenvalue weighted by molar-refractivity contribution is 0.0870. The molecular weight excluding hydrogens is 204 g/mol. The quantitative estimate of drug-likeness (QED) is 0.829. The minimum Gasteiger partial charge on any atom is -0.380 e. The molecule has 0 radical (unpaired) electrons. The van der Waals surface area contributed by atoms with E-state index in [1.807, 2.05) is 13.0 Å². The second kappa shape index (κ2) is 5.89. The third-order valence-corrected chi connectivity index (χ3v) is 2.21. The highest BCUT2D eigenvalue weighted by atomic mass is 16.5. The van der Waals surface area contributed by atoms with Crippen molar-refractivity contribution in [2.45, 2.75) is 13.0 Å². The molecule has 4 heteroatoms. The molecule has 0 saturated carbocycles. The molecule has 0 fully saturated rings. The van der Waals surface area contributed by atoms with Crippen LogP contribution >= 0.6 is 0 Å². The van der Waals surface area contributed by atoms with Crippen LogP contribution < -0.4 is 5.32 Å². The highest BCUT2D eigenvalue weighted by molar-refractivity contribution is 5.94. The van der Waals surface area contributed by atoms with Crippen LogP contribution in [0.25, 0.3) is 0 Å². The van der Waals surface area contributed by atoms with Crippen molar-refractivity contribution in [1.82, 2.24) is 5.32 Å². The van der Waals surface area contributed by atoms with Crippen LogP contribution in [0.2, 0.25) is 0 Å². The van der Waals surface area contributed by atoms with Crippen LogP contribution in [0.15, 0.2) is 24.3 Å². The number of methoxy groups -OCH3 is 1. The van der Waals surface area contributed by atoms with Gasteiger partial charge in [-0.3, -0.25) is 4.79 Å². The Bertz CT molecular complexity index is 410. The molecule has 1 atom stereocenters. The van der Waals surface area contributed by atoms with Crippen molar-refractivity contribution in [3.8, 4) is 6.07 Å². The fourth-order valence-corrected chi connectivity index (χ4v) is 1.15. The number of nitriles is 1. The van der Waals surface area contributed by atoms with Crippen LogP contribution in [-0.2, 0) is 4.74 Å². The van der Waals surface area contributed by atoms with Gasteiger partial charge in [0, 0.05) is 19.2 Å². The van der Waals surface area contributed by atoms with E-state index < -0.39 is 0 Å². The second-order valence-corrected chi connectivity index (χ2v) is 3.45. The third kappa shape index (κ3) is 3.37. The molecule has 16 heavy (non-hydrogen) atoms. The maximum Gasteiger partial charge on any atom is 0.251 e. The van der Waals surface area contributed by atoms with Gasteiger partial charge in [-0.2, -0.15) is 5.26 Å². The summed E-state index contributed by atoms with van der Waals surface area (Å²) >= 11 is 0. The van der Waals surface area contributed by atoms with Crippen molar-refractivity contribution in [2.24, 2.45) is 0 Å². The summed E-state index contributed by atoms with van der Waals surface area (Å²) < 4.78 is 5.01. The van der Waals surface area contributed by atoms with Crippen LogP contribution in [-0.4, -0.2) is 25.7 Å². The molecule has 1 unspecified atom stereocenters. The summed E-state index contributed by atoms with van der Waals surface area (Å²) in [4.78, 5) is 11.7. The van der Waals surface area contributed by atoms with E-state index in [1.54, 1.807) is 31.4 Å². The molecule has 0 aliphatic carbocycles. The average molecular weight is 218 g/mol. The highest BCUT2D eigenvalue weighted by Gasteiger charge is 2.07. The van der Waals surface area contributed by atoms with Gasteiger partial charge in [0.2, 0.25) is 0 Å². The predicted octanol–water partition coefficient (Wildman–Crippen LogP) is 1.32. The molecule has 1 aromatic carbocycles. The van der Waals surface area contributed by atoms with Gasteiger partial charge in [-0.05, 0) is 25.1 Å². The molecule has 84 valence electrons. The molecular formula is C12H14N2O2. The lowest BCUT2D eigenvalue weighted by Gasteiger charge is -2.10. The maximum atomic E-state index is 11.7. The van der Waals surface area contributed by atoms with E-state index >= 15 is 0 Å². The number of nitrogens with zero attached hydrogens (tertiary/aromatic N) is 1. The second-order valence-electron chi connectivity index (χ2n) is 3.45. The summed E-state index contributed by atoms with van der Waals surface area (Å²) in [6, 6.07) is 8.58. The average Bonchev–Trinajstić information content (AvgIpc) is 2.35. The molecule has 1 amide bonds. The molecule has 0 spiro atoms. The molecule has 0 aliphatic heterocycles. The third-order valence-electron chi connectivity index (χ3n) is 2.21. The monoisotopic (exact) mass is 218 g/mol.